The van der Waals surface area contributed by atoms with Gasteiger partial charge in [0.25, 0.3) is 0 Å². The van der Waals surface area contributed by atoms with Crippen molar-refractivity contribution < 1.29 is 4.79 Å². The Morgan fingerprint density at radius 2 is 2.10 bits per heavy atom. The number of hydrogen-bond acceptors (Lipinski definition) is 3. The number of benzene rings is 1. The lowest BCUT2D eigenvalue weighted by molar-refractivity contribution is -0.121. The van der Waals surface area contributed by atoms with Crippen LogP contribution in [0, 0.1) is 5.92 Å². The smallest absolute Gasteiger partial charge is 0.233 e. The molecule has 1 fully saturated rings. The highest BCUT2D eigenvalue weighted by Crippen LogP contribution is 2.28. The lowest BCUT2D eigenvalue weighted by Crippen LogP contribution is -2.43. The summed E-state index contributed by atoms with van der Waals surface area (Å²) in [6.07, 6.45) is 4.23. The molecule has 3 unspecified atom stereocenters. The van der Waals surface area contributed by atoms with Gasteiger partial charge in [0.1, 0.15) is 0 Å². The zero-order valence-corrected chi connectivity index (χ0v) is 14.1. The quantitative estimate of drug-likeness (QED) is 0.788. The number of carbonyl (C=O) groups is 1. The van der Waals surface area contributed by atoms with Crippen LogP contribution in [0.4, 0.5) is 0 Å². The number of nitrogens with two attached hydrogens (primary N) is 1. The molecule has 1 saturated carbocycles. The second-order valence-electron chi connectivity index (χ2n) is 5.37. The number of carbonyl (C=O) groups excluding carboxylic acids is 1. The predicted molar refractivity (Wildman–Crippen MR) is 92.0 cm³/mol. The number of amides is 1. The summed E-state index contributed by atoms with van der Waals surface area (Å²) in [5, 5.41) is 3.19. The standard InChI is InChI=1S/C16H24N2OS.ClH/c1-2-15(20-13-8-4-3-5-9-13)16(19)18-14-10-6-7-12(14)11-17;/h3-5,8-9,12,14-15H,2,6-7,10-11,17H2,1H3,(H,18,19);1H. The second kappa shape index (κ2) is 9.34. The SMILES string of the molecule is CCC(Sc1ccccc1)C(=O)NC1CCCC1CN.Cl. The van der Waals surface area contributed by atoms with Gasteiger partial charge in [-0.3, -0.25) is 4.79 Å². The van der Waals surface area contributed by atoms with E-state index in [0.717, 1.165) is 24.2 Å². The molecule has 1 amide bonds. The highest BCUT2D eigenvalue weighted by Gasteiger charge is 2.29. The van der Waals surface area contributed by atoms with Crippen molar-refractivity contribution in [3.8, 4) is 0 Å². The first-order chi connectivity index (χ1) is 9.74. The fourth-order valence-electron chi connectivity index (χ4n) is 2.77. The predicted octanol–water partition coefficient (Wildman–Crippen LogP) is 3.22. The van der Waals surface area contributed by atoms with Crippen molar-refractivity contribution in [1.29, 1.82) is 0 Å². The first-order valence-electron chi connectivity index (χ1n) is 7.46. The molecule has 21 heavy (non-hydrogen) atoms. The zero-order valence-electron chi connectivity index (χ0n) is 12.5. The molecule has 3 atom stereocenters. The molecule has 2 rings (SSSR count). The van der Waals surface area contributed by atoms with Crippen LogP contribution < -0.4 is 11.1 Å². The normalized spacial score (nSPS) is 22.4. The number of nitrogens with one attached hydrogen (secondary N) is 1. The summed E-state index contributed by atoms with van der Waals surface area (Å²) in [5.41, 5.74) is 5.78. The Hall–Kier alpha value is -0.710. The summed E-state index contributed by atoms with van der Waals surface area (Å²) in [4.78, 5) is 13.6. The maximum absolute atomic E-state index is 12.4. The highest BCUT2D eigenvalue weighted by atomic mass is 35.5. The molecule has 0 aliphatic heterocycles. The molecule has 1 aliphatic carbocycles. The molecule has 5 heteroatoms. The summed E-state index contributed by atoms with van der Waals surface area (Å²) in [6.45, 7) is 2.74. The van der Waals surface area contributed by atoms with Crippen LogP contribution in [-0.2, 0) is 4.79 Å². The first-order valence-corrected chi connectivity index (χ1v) is 8.34. The van der Waals surface area contributed by atoms with Crippen LogP contribution in [0.15, 0.2) is 35.2 Å². The van der Waals surface area contributed by atoms with Gasteiger partial charge in [0, 0.05) is 10.9 Å². The van der Waals surface area contributed by atoms with Gasteiger partial charge in [-0.25, -0.2) is 0 Å². The second-order valence-corrected chi connectivity index (χ2v) is 6.65. The minimum atomic E-state index is -0.0172. The summed E-state index contributed by atoms with van der Waals surface area (Å²) in [6, 6.07) is 10.4. The molecule has 0 aromatic heterocycles. The van der Waals surface area contributed by atoms with Gasteiger partial charge in [-0.1, -0.05) is 31.5 Å². The van der Waals surface area contributed by atoms with E-state index in [9.17, 15) is 4.79 Å². The number of halogens is 1. The highest BCUT2D eigenvalue weighted by molar-refractivity contribution is 8.00. The molecule has 0 saturated heterocycles. The van der Waals surface area contributed by atoms with Gasteiger partial charge in [0.2, 0.25) is 5.91 Å². The Morgan fingerprint density at radius 1 is 1.38 bits per heavy atom. The number of thioether (sulfide) groups is 1. The maximum Gasteiger partial charge on any atom is 0.233 e. The fourth-order valence-corrected chi connectivity index (χ4v) is 3.75. The van der Waals surface area contributed by atoms with E-state index in [0.29, 0.717) is 12.5 Å². The zero-order chi connectivity index (χ0) is 14.4. The molecule has 0 bridgehead atoms. The average Bonchev–Trinajstić information content (AvgIpc) is 2.92. The largest absolute Gasteiger partial charge is 0.352 e. The third-order valence-corrected chi connectivity index (χ3v) is 5.35. The van der Waals surface area contributed by atoms with E-state index < -0.39 is 0 Å². The van der Waals surface area contributed by atoms with Crippen LogP contribution >= 0.6 is 24.2 Å². The van der Waals surface area contributed by atoms with Crippen molar-refractivity contribution in [1.82, 2.24) is 5.32 Å². The molecule has 1 aromatic rings. The molecular weight excluding hydrogens is 304 g/mol. The van der Waals surface area contributed by atoms with Gasteiger partial charge in [0.15, 0.2) is 0 Å². The molecule has 0 radical (unpaired) electrons. The van der Waals surface area contributed by atoms with E-state index in [4.69, 9.17) is 5.73 Å². The first kappa shape index (κ1) is 18.3. The summed E-state index contributed by atoms with van der Waals surface area (Å²) < 4.78 is 0. The van der Waals surface area contributed by atoms with E-state index >= 15 is 0 Å². The lowest BCUT2D eigenvalue weighted by Gasteiger charge is -2.22. The van der Waals surface area contributed by atoms with Crippen molar-refractivity contribution in [3.05, 3.63) is 30.3 Å². The summed E-state index contributed by atoms with van der Waals surface area (Å²) >= 11 is 1.65. The molecule has 0 heterocycles. The Kier molecular flexibility index (Phi) is 8.15. The van der Waals surface area contributed by atoms with Crippen LogP contribution in [0.1, 0.15) is 32.6 Å². The van der Waals surface area contributed by atoms with Crippen molar-refractivity contribution >= 4 is 30.1 Å². The van der Waals surface area contributed by atoms with Crippen LogP contribution in [0.3, 0.4) is 0 Å². The van der Waals surface area contributed by atoms with Crippen molar-refractivity contribution in [3.63, 3.8) is 0 Å². The van der Waals surface area contributed by atoms with E-state index in [2.05, 4.69) is 24.4 Å². The van der Waals surface area contributed by atoms with Crippen molar-refractivity contribution in [2.45, 2.75) is 48.8 Å². The monoisotopic (exact) mass is 328 g/mol. The molecule has 1 aliphatic rings. The van der Waals surface area contributed by atoms with Crippen LogP contribution in [0.2, 0.25) is 0 Å². The van der Waals surface area contributed by atoms with Crippen LogP contribution in [-0.4, -0.2) is 23.7 Å². The minimum Gasteiger partial charge on any atom is -0.352 e. The van der Waals surface area contributed by atoms with Crippen molar-refractivity contribution in [2.75, 3.05) is 6.54 Å². The third kappa shape index (κ3) is 5.20. The van der Waals surface area contributed by atoms with E-state index in [1.807, 2.05) is 18.2 Å². The Labute approximate surface area is 137 Å². The number of hydrogen-bond donors (Lipinski definition) is 2. The van der Waals surface area contributed by atoms with Crippen molar-refractivity contribution in [2.24, 2.45) is 11.7 Å². The van der Waals surface area contributed by atoms with Crippen LogP contribution in [0.25, 0.3) is 0 Å². The fraction of sp³-hybridized carbons (Fsp3) is 0.562. The van der Waals surface area contributed by atoms with E-state index in [1.165, 1.54) is 6.42 Å². The molecule has 1 aromatic carbocycles. The summed E-state index contributed by atoms with van der Waals surface area (Å²) in [5.74, 6) is 0.616. The van der Waals surface area contributed by atoms with Gasteiger partial charge in [-0.2, -0.15) is 0 Å². The molecule has 0 spiro atoms. The Bertz CT molecular complexity index is 430. The van der Waals surface area contributed by atoms with Gasteiger partial charge in [-0.05, 0) is 43.9 Å². The van der Waals surface area contributed by atoms with Gasteiger partial charge in [-0.15, -0.1) is 24.2 Å². The van der Waals surface area contributed by atoms with Gasteiger partial charge in [0.05, 0.1) is 5.25 Å². The average molecular weight is 329 g/mol. The Morgan fingerprint density at radius 3 is 2.71 bits per heavy atom. The number of rotatable bonds is 6. The Balaban J connectivity index is 0.00000220. The van der Waals surface area contributed by atoms with E-state index in [-0.39, 0.29) is 29.6 Å². The molecular formula is C16H25ClN2OS. The van der Waals surface area contributed by atoms with Crippen LogP contribution in [0.5, 0.6) is 0 Å². The minimum absolute atomic E-state index is 0. The third-order valence-electron chi connectivity index (χ3n) is 3.97. The molecule has 3 nitrogen and oxygen atoms in total. The van der Waals surface area contributed by atoms with E-state index in [1.54, 1.807) is 11.8 Å². The maximum atomic E-state index is 12.4. The topological polar surface area (TPSA) is 55.1 Å². The van der Waals surface area contributed by atoms with Gasteiger partial charge >= 0.3 is 0 Å². The lowest BCUT2D eigenvalue weighted by atomic mass is 10.0. The summed E-state index contributed by atoms with van der Waals surface area (Å²) in [7, 11) is 0. The molecule has 118 valence electrons. The molecule has 3 N–H and O–H groups in total. The van der Waals surface area contributed by atoms with Gasteiger partial charge < -0.3 is 11.1 Å².